The Morgan fingerprint density at radius 1 is 1.03 bits per heavy atom. The molecule has 4 rings (SSSR count). The van der Waals surface area contributed by atoms with Crippen molar-refractivity contribution in [3.05, 3.63) is 53.6 Å². The molecule has 0 spiro atoms. The summed E-state index contributed by atoms with van der Waals surface area (Å²) in [5, 5.41) is 15.0. The van der Waals surface area contributed by atoms with Gasteiger partial charge in [-0.1, -0.05) is 24.3 Å². The number of methoxy groups -OCH3 is 1. The number of hydrogen-bond acceptors (Lipinski definition) is 5. The van der Waals surface area contributed by atoms with Crippen molar-refractivity contribution in [3.8, 4) is 5.75 Å². The third kappa shape index (κ3) is 7.29. The molecule has 1 atom stereocenters. The molecular weight excluding hydrogens is 496 g/mol. The summed E-state index contributed by atoms with van der Waals surface area (Å²) < 4.78 is 5.52. The van der Waals surface area contributed by atoms with E-state index in [1.807, 2.05) is 42.2 Å². The lowest BCUT2D eigenvalue weighted by molar-refractivity contribution is -0.143. The van der Waals surface area contributed by atoms with Gasteiger partial charge in [0.05, 0.1) is 25.1 Å². The van der Waals surface area contributed by atoms with Gasteiger partial charge in [-0.25, -0.2) is 4.79 Å². The predicted octanol–water partition coefficient (Wildman–Crippen LogP) is 4.76. The van der Waals surface area contributed by atoms with E-state index in [9.17, 15) is 19.5 Å². The lowest BCUT2D eigenvalue weighted by Gasteiger charge is -2.36. The molecule has 1 saturated heterocycles. The molecule has 210 valence electrons. The average molecular weight is 537 g/mol. The molecule has 3 N–H and O–H groups in total. The summed E-state index contributed by atoms with van der Waals surface area (Å²) >= 11 is 0. The standard InChI is InChI=1S/C30H40N4O5/c1-20-7-4-5-9-25(20)31-30(38)32-26-15-10-21(17-27(26)39-3)18-28(35)34-16-6-8-24(34)19-33(2)23-13-11-22(12-14-23)29(36)37/h4-5,7,9-10,15,17,22-24H,6,8,11-14,16,18-19H2,1-3H3,(H,36,37)(H2,31,32,38). The largest absolute Gasteiger partial charge is 0.495 e. The van der Waals surface area contributed by atoms with Crippen LogP contribution in [0.4, 0.5) is 16.2 Å². The lowest BCUT2D eigenvalue weighted by atomic mass is 9.85. The predicted molar refractivity (Wildman–Crippen MR) is 151 cm³/mol. The summed E-state index contributed by atoms with van der Waals surface area (Å²) in [6.45, 7) is 3.48. The smallest absolute Gasteiger partial charge is 0.323 e. The number of carbonyl (C=O) groups excluding carboxylic acids is 2. The van der Waals surface area contributed by atoms with Crippen LogP contribution >= 0.6 is 0 Å². The number of nitrogens with one attached hydrogen (secondary N) is 2. The highest BCUT2D eigenvalue weighted by Gasteiger charge is 2.33. The summed E-state index contributed by atoms with van der Waals surface area (Å²) in [5.41, 5.74) is 3.05. The normalized spacial score (nSPS) is 21.0. The second-order valence-corrected chi connectivity index (χ2v) is 10.8. The zero-order valence-electron chi connectivity index (χ0n) is 23.1. The minimum Gasteiger partial charge on any atom is -0.495 e. The van der Waals surface area contributed by atoms with E-state index < -0.39 is 5.97 Å². The molecule has 2 aromatic rings. The highest BCUT2D eigenvalue weighted by Crippen LogP contribution is 2.30. The number of ether oxygens (including phenoxy) is 1. The fourth-order valence-corrected chi connectivity index (χ4v) is 5.81. The molecule has 2 fully saturated rings. The van der Waals surface area contributed by atoms with Crippen LogP contribution in [-0.2, 0) is 16.0 Å². The summed E-state index contributed by atoms with van der Waals surface area (Å²) in [4.78, 5) is 41.5. The molecule has 1 aliphatic carbocycles. The third-order valence-electron chi connectivity index (χ3n) is 8.13. The average Bonchev–Trinajstić information content (AvgIpc) is 3.39. The molecule has 1 heterocycles. The van der Waals surface area contributed by atoms with E-state index in [1.54, 1.807) is 19.2 Å². The number of para-hydroxylation sites is 1. The van der Waals surface area contributed by atoms with Crippen LogP contribution in [0.15, 0.2) is 42.5 Å². The van der Waals surface area contributed by atoms with Gasteiger partial charge in [0.15, 0.2) is 0 Å². The van der Waals surface area contributed by atoms with Gasteiger partial charge in [-0.3, -0.25) is 9.59 Å². The molecule has 1 aliphatic heterocycles. The van der Waals surface area contributed by atoms with Gasteiger partial charge in [0.1, 0.15) is 5.75 Å². The maximum Gasteiger partial charge on any atom is 0.323 e. The van der Waals surface area contributed by atoms with E-state index in [0.717, 1.165) is 68.4 Å². The molecule has 0 bridgehead atoms. The van der Waals surface area contributed by atoms with Gasteiger partial charge in [0, 0.05) is 30.9 Å². The number of carboxylic acid groups (broad SMARTS) is 1. The van der Waals surface area contributed by atoms with Gasteiger partial charge >= 0.3 is 12.0 Å². The number of aryl methyl sites for hydroxylation is 1. The van der Waals surface area contributed by atoms with Gasteiger partial charge < -0.3 is 30.3 Å². The number of urea groups is 1. The van der Waals surface area contributed by atoms with Crippen molar-refractivity contribution in [2.24, 2.45) is 5.92 Å². The van der Waals surface area contributed by atoms with E-state index in [4.69, 9.17) is 4.74 Å². The number of benzene rings is 2. The lowest BCUT2D eigenvalue weighted by Crippen LogP contribution is -2.46. The number of amides is 3. The van der Waals surface area contributed by atoms with Crippen molar-refractivity contribution >= 4 is 29.3 Å². The summed E-state index contributed by atoms with van der Waals surface area (Å²) in [7, 11) is 3.64. The molecule has 1 unspecified atom stereocenters. The fraction of sp³-hybridized carbons (Fsp3) is 0.500. The van der Waals surface area contributed by atoms with Crippen LogP contribution in [0.5, 0.6) is 5.75 Å². The van der Waals surface area contributed by atoms with Crippen LogP contribution < -0.4 is 15.4 Å². The fourth-order valence-electron chi connectivity index (χ4n) is 5.81. The SMILES string of the molecule is COc1cc(CC(=O)N2CCCC2CN(C)C2CCC(C(=O)O)CC2)ccc1NC(=O)Nc1ccccc1C. The Labute approximate surface area is 230 Å². The van der Waals surface area contributed by atoms with Crippen molar-refractivity contribution in [2.45, 2.75) is 64.0 Å². The molecule has 9 nitrogen and oxygen atoms in total. The Hall–Kier alpha value is -3.59. The molecule has 39 heavy (non-hydrogen) atoms. The van der Waals surface area contributed by atoms with Crippen molar-refractivity contribution in [2.75, 3.05) is 37.9 Å². The number of likely N-dealkylation sites (N-methyl/N-ethyl adjacent to an activating group) is 1. The maximum absolute atomic E-state index is 13.3. The van der Waals surface area contributed by atoms with Crippen molar-refractivity contribution in [3.63, 3.8) is 0 Å². The third-order valence-corrected chi connectivity index (χ3v) is 8.13. The highest BCUT2D eigenvalue weighted by molar-refractivity contribution is 6.01. The van der Waals surface area contributed by atoms with Crippen molar-refractivity contribution < 1.29 is 24.2 Å². The first-order chi connectivity index (χ1) is 18.7. The summed E-state index contributed by atoms with van der Waals surface area (Å²) in [6, 6.07) is 13.1. The number of anilines is 2. The first-order valence-electron chi connectivity index (χ1n) is 13.8. The quantitative estimate of drug-likeness (QED) is 0.426. The molecule has 2 aliphatic rings. The number of aliphatic carboxylic acids is 1. The van der Waals surface area contributed by atoms with Gasteiger partial charge in [0.25, 0.3) is 0 Å². The van der Waals surface area contributed by atoms with E-state index in [-0.39, 0.29) is 30.3 Å². The molecule has 0 aromatic heterocycles. The van der Waals surface area contributed by atoms with E-state index in [2.05, 4.69) is 22.6 Å². The minimum atomic E-state index is -0.686. The molecule has 0 radical (unpaired) electrons. The van der Waals surface area contributed by atoms with Gasteiger partial charge in [-0.05, 0) is 81.8 Å². The Kier molecular flexibility index (Phi) is 9.45. The Bertz CT molecular complexity index is 1180. The van der Waals surface area contributed by atoms with Crippen molar-refractivity contribution in [1.82, 2.24) is 9.80 Å². The summed E-state index contributed by atoms with van der Waals surface area (Å²) in [6.07, 6.45) is 5.43. The van der Waals surface area contributed by atoms with E-state index in [0.29, 0.717) is 17.5 Å². The molecule has 2 aromatic carbocycles. The van der Waals surface area contributed by atoms with Gasteiger partial charge in [-0.2, -0.15) is 0 Å². The number of nitrogens with zero attached hydrogens (tertiary/aromatic N) is 2. The number of carboxylic acids is 1. The number of carbonyl (C=O) groups is 3. The maximum atomic E-state index is 13.3. The molecule has 1 saturated carbocycles. The zero-order valence-corrected chi connectivity index (χ0v) is 23.1. The van der Waals surface area contributed by atoms with E-state index in [1.165, 1.54) is 0 Å². The van der Waals surface area contributed by atoms with Gasteiger partial charge in [0.2, 0.25) is 5.91 Å². The van der Waals surface area contributed by atoms with Crippen LogP contribution in [-0.4, -0.2) is 72.1 Å². The van der Waals surface area contributed by atoms with Crippen LogP contribution in [0.3, 0.4) is 0 Å². The van der Waals surface area contributed by atoms with E-state index >= 15 is 0 Å². The molecular formula is C30H40N4O5. The van der Waals surface area contributed by atoms with Crippen LogP contribution in [0, 0.1) is 12.8 Å². The van der Waals surface area contributed by atoms with Crippen LogP contribution in [0.1, 0.15) is 49.7 Å². The monoisotopic (exact) mass is 536 g/mol. The summed E-state index contributed by atoms with van der Waals surface area (Å²) in [5.74, 6) is -0.328. The Morgan fingerprint density at radius 2 is 1.74 bits per heavy atom. The zero-order chi connectivity index (χ0) is 27.9. The highest BCUT2D eigenvalue weighted by atomic mass is 16.5. The number of likely N-dealkylation sites (tertiary alicyclic amines) is 1. The Morgan fingerprint density at radius 3 is 2.44 bits per heavy atom. The number of rotatable bonds is 9. The second kappa shape index (κ2) is 13.0. The van der Waals surface area contributed by atoms with Crippen LogP contribution in [0.25, 0.3) is 0 Å². The first-order valence-corrected chi connectivity index (χ1v) is 13.8. The van der Waals surface area contributed by atoms with Gasteiger partial charge in [-0.15, -0.1) is 0 Å². The number of hydrogen-bond donors (Lipinski definition) is 3. The minimum absolute atomic E-state index is 0.0838. The molecule has 9 heteroatoms. The van der Waals surface area contributed by atoms with Crippen molar-refractivity contribution in [1.29, 1.82) is 0 Å². The molecule has 3 amide bonds. The second-order valence-electron chi connectivity index (χ2n) is 10.8. The topological polar surface area (TPSA) is 111 Å². The Balaban J connectivity index is 1.32. The first kappa shape index (κ1) is 28.4. The van der Waals surface area contributed by atoms with Crippen LogP contribution in [0.2, 0.25) is 0 Å².